The van der Waals surface area contributed by atoms with Crippen molar-refractivity contribution in [3.63, 3.8) is 0 Å². The number of alkyl carbamates (subject to hydrolysis) is 1. The molecule has 1 aliphatic heterocycles. The van der Waals surface area contributed by atoms with Gasteiger partial charge in [0.25, 0.3) is 5.56 Å². The van der Waals surface area contributed by atoms with E-state index in [4.69, 9.17) is 9.47 Å². The van der Waals surface area contributed by atoms with E-state index in [-0.39, 0.29) is 24.8 Å². The van der Waals surface area contributed by atoms with E-state index in [1.165, 1.54) is 6.07 Å². The number of H-pyrrole nitrogens is 1. The van der Waals surface area contributed by atoms with Crippen LogP contribution in [0.25, 0.3) is 0 Å². The molecule has 0 spiro atoms. The molecule has 0 radical (unpaired) electrons. The molecule has 2 N–H and O–H groups in total. The van der Waals surface area contributed by atoms with Gasteiger partial charge in [0.05, 0.1) is 18.3 Å². The molecule has 2 aromatic rings. The normalized spacial score (nSPS) is 16.5. The third-order valence-electron chi connectivity index (χ3n) is 4.10. The second-order valence-corrected chi connectivity index (χ2v) is 6.13. The number of benzene rings is 1. The fraction of sp³-hybridized carbons (Fsp3) is 0.389. The highest BCUT2D eigenvalue weighted by molar-refractivity contribution is 5.67. The molecule has 1 fully saturated rings. The summed E-state index contributed by atoms with van der Waals surface area (Å²) in [6.45, 7) is 1.75. The van der Waals surface area contributed by atoms with Crippen molar-refractivity contribution in [2.45, 2.75) is 25.7 Å². The van der Waals surface area contributed by atoms with E-state index in [2.05, 4.69) is 15.3 Å². The van der Waals surface area contributed by atoms with E-state index in [1.807, 2.05) is 35.2 Å². The van der Waals surface area contributed by atoms with Crippen LogP contribution in [-0.4, -0.2) is 42.3 Å². The Kier molecular flexibility index (Phi) is 5.85. The lowest BCUT2D eigenvalue weighted by molar-refractivity contribution is 0.136. The average molecular weight is 358 g/mol. The summed E-state index contributed by atoms with van der Waals surface area (Å²) < 4.78 is 10.3. The number of amides is 1. The van der Waals surface area contributed by atoms with Crippen LogP contribution in [0, 0.1) is 0 Å². The van der Waals surface area contributed by atoms with Gasteiger partial charge in [-0.15, -0.1) is 0 Å². The van der Waals surface area contributed by atoms with E-state index >= 15 is 0 Å². The van der Waals surface area contributed by atoms with E-state index < -0.39 is 6.09 Å². The molecule has 1 amide bonds. The Bertz CT molecular complexity index is 793. The van der Waals surface area contributed by atoms with Gasteiger partial charge in [-0.3, -0.25) is 9.78 Å². The molecule has 8 heteroatoms. The number of rotatable bonds is 6. The minimum absolute atomic E-state index is 0.0605. The molecule has 2 heterocycles. The summed E-state index contributed by atoms with van der Waals surface area (Å²) in [5.41, 5.74) is 1.29. The standard InChI is InChI=1S/C18H22N4O4/c1-25-12-15-9-16(23)21-17(19-15)22-8-7-14(10-22)20-18(24)26-11-13-5-3-2-4-6-13/h2-6,9,14H,7-8,10-12H2,1H3,(H,20,24)(H,19,21,23). The van der Waals surface area contributed by atoms with Crippen molar-refractivity contribution in [3.05, 3.63) is 58.0 Å². The van der Waals surface area contributed by atoms with E-state index in [1.54, 1.807) is 7.11 Å². The fourth-order valence-corrected chi connectivity index (χ4v) is 2.87. The van der Waals surface area contributed by atoms with Crippen LogP contribution < -0.4 is 15.8 Å². The Morgan fingerprint density at radius 3 is 2.92 bits per heavy atom. The van der Waals surface area contributed by atoms with Gasteiger partial charge in [-0.05, 0) is 12.0 Å². The molecular formula is C18H22N4O4. The van der Waals surface area contributed by atoms with Crippen molar-refractivity contribution in [2.24, 2.45) is 0 Å². The van der Waals surface area contributed by atoms with Gasteiger partial charge >= 0.3 is 6.09 Å². The van der Waals surface area contributed by atoms with Crippen molar-refractivity contribution < 1.29 is 14.3 Å². The molecule has 1 aliphatic rings. The first kappa shape index (κ1) is 17.9. The summed E-state index contributed by atoms with van der Waals surface area (Å²) in [5, 5.41) is 2.86. The van der Waals surface area contributed by atoms with Gasteiger partial charge in [-0.25, -0.2) is 9.78 Å². The SMILES string of the molecule is COCc1cc(=O)[nH]c(N2CCC(NC(=O)OCc3ccccc3)C2)n1. The van der Waals surface area contributed by atoms with Gasteiger partial charge in [0.2, 0.25) is 5.95 Å². The molecule has 1 aromatic heterocycles. The van der Waals surface area contributed by atoms with Crippen molar-refractivity contribution in [1.29, 1.82) is 0 Å². The average Bonchev–Trinajstić information content (AvgIpc) is 3.09. The van der Waals surface area contributed by atoms with Crippen LogP contribution in [0.2, 0.25) is 0 Å². The summed E-state index contributed by atoms with van der Waals surface area (Å²) in [4.78, 5) is 32.8. The van der Waals surface area contributed by atoms with Gasteiger partial charge in [-0.2, -0.15) is 0 Å². The number of methoxy groups -OCH3 is 1. The maximum atomic E-state index is 12.0. The van der Waals surface area contributed by atoms with Crippen LogP contribution in [0.5, 0.6) is 0 Å². The minimum Gasteiger partial charge on any atom is -0.445 e. The Hall–Kier alpha value is -2.87. The molecule has 1 atom stereocenters. The molecule has 1 saturated heterocycles. The molecule has 26 heavy (non-hydrogen) atoms. The number of nitrogens with one attached hydrogen (secondary N) is 2. The van der Waals surface area contributed by atoms with Gasteiger partial charge in [0.1, 0.15) is 6.61 Å². The van der Waals surface area contributed by atoms with Crippen molar-refractivity contribution in [2.75, 3.05) is 25.1 Å². The lowest BCUT2D eigenvalue weighted by Crippen LogP contribution is -2.38. The maximum Gasteiger partial charge on any atom is 0.407 e. The molecule has 1 aromatic carbocycles. The van der Waals surface area contributed by atoms with Crippen molar-refractivity contribution in [3.8, 4) is 0 Å². The number of aromatic nitrogens is 2. The lowest BCUT2D eigenvalue weighted by atomic mass is 10.2. The topological polar surface area (TPSA) is 96.6 Å². The van der Waals surface area contributed by atoms with Gasteiger partial charge in [0.15, 0.2) is 0 Å². The minimum atomic E-state index is -0.449. The highest BCUT2D eigenvalue weighted by Crippen LogP contribution is 2.15. The van der Waals surface area contributed by atoms with Crippen molar-refractivity contribution in [1.82, 2.24) is 15.3 Å². The monoisotopic (exact) mass is 358 g/mol. The molecule has 0 aliphatic carbocycles. The van der Waals surface area contributed by atoms with E-state index in [9.17, 15) is 9.59 Å². The number of anilines is 1. The fourth-order valence-electron chi connectivity index (χ4n) is 2.87. The molecule has 0 bridgehead atoms. The number of nitrogens with zero attached hydrogens (tertiary/aromatic N) is 2. The number of carbonyl (C=O) groups excluding carboxylic acids is 1. The zero-order chi connectivity index (χ0) is 18.4. The molecule has 8 nitrogen and oxygen atoms in total. The molecular weight excluding hydrogens is 336 g/mol. The van der Waals surface area contributed by atoms with Crippen molar-refractivity contribution >= 4 is 12.0 Å². The highest BCUT2D eigenvalue weighted by atomic mass is 16.5. The number of hydrogen-bond donors (Lipinski definition) is 2. The predicted molar refractivity (Wildman–Crippen MR) is 96.0 cm³/mol. The zero-order valence-electron chi connectivity index (χ0n) is 14.6. The summed E-state index contributed by atoms with van der Waals surface area (Å²) in [7, 11) is 1.55. The molecule has 3 rings (SSSR count). The van der Waals surface area contributed by atoms with E-state index in [0.29, 0.717) is 24.7 Å². The predicted octanol–water partition coefficient (Wildman–Crippen LogP) is 1.42. The zero-order valence-corrected chi connectivity index (χ0v) is 14.6. The molecule has 1 unspecified atom stereocenters. The lowest BCUT2D eigenvalue weighted by Gasteiger charge is -2.18. The van der Waals surface area contributed by atoms with E-state index in [0.717, 1.165) is 12.0 Å². The van der Waals surface area contributed by atoms with Crippen LogP contribution in [0.15, 0.2) is 41.2 Å². The third kappa shape index (κ3) is 4.82. The van der Waals surface area contributed by atoms with Crippen LogP contribution in [0.4, 0.5) is 10.7 Å². The smallest absolute Gasteiger partial charge is 0.407 e. The Morgan fingerprint density at radius 2 is 2.15 bits per heavy atom. The van der Waals surface area contributed by atoms with Crippen LogP contribution in [-0.2, 0) is 22.7 Å². The summed E-state index contributed by atoms with van der Waals surface area (Å²) in [6, 6.07) is 10.9. The highest BCUT2D eigenvalue weighted by Gasteiger charge is 2.26. The summed E-state index contributed by atoms with van der Waals surface area (Å²) in [6.07, 6.45) is 0.300. The van der Waals surface area contributed by atoms with Crippen LogP contribution >= 0.6 is 0 Å². The molecule has 0 saturated carbocycles. The van der Waals surface area contributed by atoms with Crippen LogP contribution in [0.3, 0.4) is 0 Å². The molecule has 138 valence electrons. The Balaban J connectivity index is 1.52. The third-order valence-corrected chi connectivity index (χ3v) is 4.10. The number of carbonyl (C=O) groups is 1. The van der Waals surface area contributed by atoms with Crippen LogP contribution in [0.1, 0.15) is 17.7 Å². The number of hydrogen-bond acceptors (Lipinski definition) is 6. The summed E-state index contributed by atoms with van der Waals surface area (Å²) in [5.74, 6) is 0.492. The first-order chi connectivity index (χ1) is 12.6. The van der Waals surface area contributed by atoms with Gasteiger partial charge in [0, 0.05) is 26.3 Å². The quantitative estimate of drug-likeness (QED) is 0.811. The summed E-state index contributed by atoms with van der Waals surface area (Å²) >= 11 is 0. The van der Waals surface area contributed by atoms with Gasteiger partial charge < -0.3 is 19.7 Å². The second-order valence-electron chi connectivity index (χ2n) is 6.13. The second kappa shape index (κ2) is 8.48. The first-order valence-electron chi connectivity index (χ1n) is 8.45. The maximum absolute atomic E-state index is 12.0. The largest absolute Gasteiger partial charge is 0.445 e. The van der Waals surface area contributed by atoms with Gasteiger partial charge in [-0.1, -0.05) is 30.3 Å². The number of aromatic amines is 1. The Morgan fingerprint density at radius 1 is 1.35 bits per heavy atom. The first-order valence-corrected chi connectivity index (χ1v) is 8.45. The Labute approximate surface area is 151 Å². The number of ether oxygens (including phenoxy) is 2.